The van der Waals surface area contributed by atoms with Crippen LogP contribution in [0.5, 0.6) is 11.5 Å². The van der Waals surface area contributed by atoms with Crippen LogP contribution in [0.3, 0.4) is 0 Å². The first-order valence-electron chi connectivity index (χ1n) is 9.89. The summed E-state index contributed by atoms with van der Waals surface area (Å²) in [5, 5.41) is 10.0. The third kappa shape index (κ3) is 5.16. The molecule has 2 aromatic rings. The predicted octanol–water partition coefficient (Wildman–Crippen LogP) is 1.15. The Bertz CT molecular complexity index is 771. The fourth-order valence-corrected chi connectivity index (χ4v) is 3.54. The van der Waals surface area contributed by atoms with Crippen molar-refractivity contribution in [2.45, 2.75) is 13.5 Å². The van der Waals surface area contributed by atoms with Gasteiger partial charge in [0.2, 0.25) is 0 Å². The van der Waals surface area contributed by atoms with Gasteiger partial charge in [0.15, 0.2) is 6.54 Å². The van der Waals surface area contributed by atoms with Crippen LogP contribution in [-0.4, -0.2) is 62.3 Å². The maximum atomic E-state index is 12.6. The number of nitrogens with zero attached hydrogens (tertiary/aromatic N) is 2. The van der Waals surface area contributed by atoms with Crippen molar-refractivity contribution in [3.63, 3.8) is 0 Å². The molecule has 0 radical (unpaired) electrons. The summed E-state index contributed by atoms with van der Waals surface area (Å²) in [6.45, 7) is 7.16. The Kier molecular flexibility index (Phi) is 6.76. The highest BCUT2D eigenvalue weighted by Crippen LogP contribution is 2.25. The normalized spacial score (nSPS) is 14.7. The van der Waals surface area contributed by atoms with Crippen molar-refractivity contribution < 1.29 is 19.5 Å². The van der Waals surface area contributed by atoms with Gasteiger partial charge in [0.25, 0.3) is 5.91 Å². The molecule has 1 amide bonds. The molecule has 0 unspecified atom stereocenters. The molecule has 0 aliphatic carbocycles. The van der Waals surface area contributed by atoms with Gasteiger partial charge in [-0.15, -0.1) is 0 Å². The average Bonchev–Trinajstić information content (AvgIpc) is 2.71. The van der Waals surface area contributed by atoms with Gasteiger partial charge < -0.3 is 24.5 Å². The Morgan fingerprint density at radius 2 is 1.82 bits per heavy atom. The zero-order valence-corrected chi connectivity index (χ0v) is 16.7. The fourth-order valence-electron chi connectivity index (χ4n) is 3.54. The van der Waals surface area contributed by atoms with E-state index in [4.69, 9.17) is 4.74 Å². The lowest BCUT2D eigenvalue weighted by molar-refractivity contribution is -0.892. The van der Waals surface area contributed by atoms with Crippen molar-refractivity contribution in [2.24, 2.45) is 0 Å². The standard InChI is InChI=1S/C22H29N3O3/c1-3-28-19-10-8-18(9-11-19)16-23(2)22(27)17-24-12-14-25(15-13-24)20-6-4-5-7-21(20)26/h4-11,26H,3,12-17H2,1-2H3/p+1. The van der Waals surface area contributed by atoms with Crippen LogP contribution in [0, 0.1) is 0 Å². The molecule has 1 fully saturated rings. The lowest BCUT2D eigenvalue weighted by Crippen LogP contribution is -3.15. The van der Waals surface area contributed by atoms with Gasteiger partial charge in [-0.25, -0.2) is 0 Å². The minimum absolute atomic E-state index is 0.153. The third-order valence-electron chi connectivity index (χ3n) is 5.17. The molecule has 1 aliphatic rings. The number of hydrogen-bond acceptors (Lipinski definition) is 4. The molecule has 28 heavy (non-hydrogen) atoms. The summed E-state index contributed by atoms with van der Waals surface area (Å²) in [6, 6.07) is 15.3. The molecule has 0 aromatic heterocycles. The van der Waals surface area contributed by atoms with Gasteiger partial charge in [-0.2, -0.15) is 0 Å². The average molecular weight is 385 g/mol. The van der Waals surface area contributed by atoms with E-state index in [-0.39, 0.29) is 5.91 Å². The number of phenols is 1. The van der Waals surface area contributed by atoms with Gasteiger partial charge in [0.1, 0.15) is 11.5 Å². The van der Waals surface area contributed by atoms with Crippen LogP contribution in [0.4, 0.5) is 5.69 Å². The number of amides is 1. The number of likely N-dealkylation sites (N-methyl/N-ethyl adjacent to an activating group) is 1. The Morgan fingerprint density at radius 1 is 1.14 bits per heavy atom. The molecule has 0 saturated carbocycles. The number of hydrogen-bond donors (Lipinski definition) is 2. The van der Waals surface area contributed by atoms with Gasteiger partial charge >= 0.3 is 0 Å². The summed E-state index contributed by atoms with van der Waals surface area (Å²) in [4.78, 5) is 17.9. The summed E-state index contributed by atoms with van der Waals surface area (Å²) in [5.74, 6) is 1.32. The van der Waals surface area contributed by atoms with Crippen molar-refractivity contribution in [1.29, 1.82) is 0 Å². The largest absolute Gasteiger partial charge is 0.506 e. The number of quaternary nitrogens is 1. The van der Waals surface area contributed by atoms with E-state index in [2.05, 4.69) is 4.90 Å². The van der Waals surface area contributed by atoms with E-state index >= 15 is 0 Å². The molecular formula is C22H30N3O3+. The van der Waals surface area contributed by atoms with Gasteiger partial charge in [-0.05, 0) is 36.8 Å². The number of ether oxygens (including phenoxy) is 1. The van der Waals surface area contributed by atoms with Crippen molar-refractivity contribution in [1.82, 2.24) is 4.90 Å². The molecule has 2 N–H and O–H groups in total. The zero-order valence-electron chi connectivity index (χ0n) is 16.7. The van der Waals surface area contributed by atoms with Crippen LogP contribution in [0.15, 0.2) is 48.5 Å². The Hall–Kier alpha value is -2.73. The molecule has 150 valence electrons. The van der Waals surface area contributed by atoms with Crippen molar-refractivity contribution in [3.8, 4) is 11.5 Å². The molecule has 3 rings (SSSR count). The third-order valence-corrected chi connectivity index (χ3v) is 5.17. The van der Waals surface area contributed by atoms with Gasteiger partial charge in [0, 0.05) is 13.6 Å². The summed E-state index contributed by atoms with van der Waals surface area (Å²) in [5.41, 5.74) is 1.97. The quantitative estimate of drug-likeness (QED) is 0.752. The molecule has 6 nitrogen and oxygen atoms in total. The first-order chi connectivity index (χ1) is 13.6. The minimum atomic E-state index is 0.153. The number of nitrogens with one attached hydrogen (secondary N) is 1. The number of carbonyl (C=O) groups excluding carboxylic acids is 1. The number of rotatable bonds is 7. The zero-order chi connectivity index (χ0) is 19.9. The van der Waals surface area contributed by atoms with E-state index in [1.165, 1.54) is 4.90 Å². The molecule has 2 aromatic carbocycles. The van der Waals surface area contributed by atoms with Crippen LogP contribution in [0.25, 0.3) is 0 Å². The first-order valence-corrected chi connectivity index (χ1v) is 9.89. The van der Waals surface area contributed by atoms with Gasteiger partial charge in [-0.1, -0.05) is 24.3 Å². The topological polar surface area (TPSA) is 57.5 Å². The van der Waals surface area contributed by atoms with E-state index in [1.807, 2.05) is 56.4 Å². The second-order valence-electron chi connectivity index (χ2n) is 7.23. The predicted molar refractivity (Wildman–Crippen MR) is 110 cm³/mol. The van der Waals surface area contributed by atoms with Crippen LogP contribution in [-0.2, 0) is 11.3 Å². The van der Waals surface area contributed by atoms with Crippen molar-refractivity contribution in [3.05, 3.63) is 54.1 Å². The van der Waals surface area contributed by atoms with Crippen LogP contribution < -0.4 is 14.5 Å². The molecule has 6 heteroatoms. The molecular weight excluding hydrogens is 354 g/mol. The molecule has 0 bridgehead atoms. The van der Waals surface area contributed by atoms with E-state index in [0.717, 1.165) is 43.2 Å². The first kappa shape index (κ1) is 20.0. The van der Waals surface area contributed by atoms with E-state index in [9.17, 15) is 9.90 Å². The lowest BCUT2D eigenvalue weighted by Gasteiger charge is -2.34. The maximum Gasteiger partial charge on any atom is 0.277 e. The summed E-state index contributed by atoms with van der Waals surface area (Å²) in [7, 11) is 1.86. The van der Waals surface area contributed by atoms with Crippen LogP contribution >= 0.6 is 0 Å². The number of carbonyl (C=O) groups is 1. The smallest absolute Gasteiger partial charge is 0.277 e. The summed E-state index contributed by atoms with van der Waals surface area (Å²) >= 11 is 0. The number of para-hydroxylation sites is 2. The van der Waals surface area contributed by atoms with Crippen LogP contribution in [0.1, 0.15) is 12.5 Å². The maximum absolute atomic E-state index is 12.6. The van der Waals surface area contributed by atoms with E-state index < -0.39 is 0 Å². The number of piperazine rings is 1. The number of phenolic OH excluding ortho intramolecular Hbond substituents is 1. The number of aromatic hydroxyl groups is 1. The summed E-state index contributed by atoms with van der Waals surface area (Å²) < 4.78 is 5.46. The van der Waals surface area contributed by atoms with Gasteiger partial charge in [0.05, 0.1) is 38.5 Å². The molecule has 1 aliphatic heterocycles. The van der Waals surface area contributed by atoms with E-state index in [0.29, 0.717) is 25.4 Å². The van der Waals surface area contributed by atoms with Gasteiger partial charge in [-0.3, -0.25) is 4.79 Å². The molecule has 1 heterocycles. The highest BCUT2D eigenvalue weighted by molar-refractivity contribution is 5.76. The highest BCUT2D eigenvalue weighted by atomic mass is 16.5. The molecule has 0 spiro atoms. The van der Waals surface area contributed by atoms with Crippen molar-refractivity contribution >= 4 is 11.6 Å². The SMILES string of the molecule is CCOc1ccc(CN(C)C(=O)C[NH+]2CCN(c3ccccc3O)CC2)cc1. The molecule has 1 saturated heterocycles. The second kappa shape index (κ2) is 9.46. The number of anilines is 1. The Morgan fingerprint density at radius 3 is 2.46 bits per heavy atom. The fraction of sp³-hybridized carbons (Fsp3) is 0.409. The van der Waals surface area contributed by atoms with E-state index in [1.54, 1.807) is 11.0 Å². The number of benzene rings is 2. The molecule has 0 atom stereocenters. The summed E-state index contributed by atoms with van der Waals surface area (Å²) in [6.07, 6.45) is 0. The van der Waals surface area contributed by atoms with Crippen molar-refractivity contribution in [2.75, 3.05) is 51.3 Å². The minimum Gasteiger partial charge on any atom is -0.506 e. The van der Waals surface area contributed by atoms with Crippen LogP contribution in [0.2, 0.25) is 0 Å². The Balaban J connectivity index is 1.46. The lowest BCUT2D eigenvalue weighted by atomic mass is 10.2. The second-order valence-corrected chi connectivity index (χ2v) is 7.23. The Labute approximate surface area is 166 Å². The highest BCUT2D eigenvalue weighted by Gasteiger charge is 2.24. The monoisotopic (exact) mass is 384 g/mol.